The second kappa shape index (κ2) is 4.88. The molecule has 19 heavy (non-hydrogen) atoms. The summed E-state index contributed by atoms with van der Waals surface area (Å²) in [6.45, 7) is 5.48. The minimum atomic E-state index is 0.255. The van der Waals surface area contributed by atoms with Crippen LogP contribution in [0.1, 0.15) is 19.8 Å². The van der Waals surface area contributed by atoms with Crippen molar-refractivity contribution in [3.05, 3.63) is 23.2 Å². The molecule has 1 unspecified atom stereocenters. The Morgan fingerprint density at radius 3 is 2.89 bits per heavy atom. The highest BCUT2D eigenvalue weighted by Gasteiger charge is 2.43. The summed E-state index contributed by atoms with van der Waals surface area (Å²) in [6.07, 6.45) is 2.72. The molecular formula is C15H21ClN2O. The maximum Gasteiger partial charge on any atom is 0.139 e. The topological polar surface area (TPSA) is 24.5 Å². The first-order valence-corrected chi connectivity index (χ1v) is 7.34. The van der Waals surface area contributed by atoms with Crippen LogP contribution in [-0.4, -0.2) is 32.3 Å². The Bertz CT molecular complexity index is 475. The van der Waals surface area contributed by atoms with E-state index >= 15 is 0 Å². The lowest BCUT2D eigenvalue weighted by molar-refractivity contribution is 0.285. The molecule has 1 heterocycles. The van der Waals surface area contributed by atoms with Crippen LogP contribution in [0.5, 0.6) is 5.75 Å². The summed E-state index contributed by atoms with van der Waals surface area (Å²) in [5, 5.41) is 4.37. The number of anilines is 1. The zero-order valence-corrected chi connectivity index (χ0v) is 12.3. The van der Waals surface area contributed by atoms with Crippen LogP contribution >= 0.6 is 11.6 Å². The van der Waals surface area contributed by atoms with Crippen LogP contribution in [0.25, 0.3) is 0 Å². The second-order valence-corrected chi connectivity index (χ2v) is 6.27. The van der Waals surface area contributed by atoms with Gasteiger partial charge in [0.15, 0.2) is 0 Å². The molecule has 1 saturated carbocycles. The largest absolute Gasteiger partial charge is 0.495 e. The van der Waals surface area contributed by atoms with Gasteiger partial charge in [-0.05, 0) is 37.8 Å². The summed E-state index contributed by atoms with van der Waals surface area (Å²) < 4.78 is 5.31. The van der Waals surface area contributed by atoms with E-state index in [0.717, 1.165) is 31.3 Å². The minimum absolute atomic E-state index is 0.255. The van der Waals surface area contributed by atoms with Gasteiger partial charge in [-0.1, -0.05) is 11.6 Å². The van der Waals surface area contributed by atoms with Crippen LogP contribution in [0.3, 0.4) is 0 Å². The van der Waals surface area contributed by atoms with Gasteiger partial charge in [0, 0.05) is 36.9 Å². The maximum atomic E-state index is 6.10. The van der Waals surface area contributed by atoms with Crippen molar-refractivity contribution >= 4 is 17.3 Å². The van der Waals surface area contributed by atoms with Gasteiger partial charge in [-0.2, -0.15) is 0 Å². The lowest BCUT2D eigenvalue weighted by Crippen LogP contribution is -2.60. The predicted molar refractivity (Wildman–Crippen MR) is 79.3 cm³/mol. The first kappa shape index (κ1) is 13.1. The molecule has 0 radical (unpaired) electrons. The molecule has 2 fully saturated rings. The average molecular weight is 281 g/mol. The monoisotopic (exact) mass is 280 g/mol. The molecule has 0 amide bonds. The summed E-state index contributed by atoms with van der Waals surface area (Å²) in [7, 11) is 1.66. The zero-order valence-electron chi connectivity index (χ0n) is 11.6. The molecule has 1 saturated heterocycles. The summed E-state index contributed by atoms with van der Waals surface area (Å²) >= 11 is 6.10. The first-order chi connectivity index (χ1) is 9.12. The van der Waals surface area contributed by atoms with Crippen molar-refractivity contribution in [2.24, 2.45) is 5.92 Å². The average Bonchev–Trinajstić information content (AvgIpc) is 3.24. The van der Waals surface area contributed by atoms with E-state index in [1.54, 1.807) is 7.11 Å². The van der Waals surface area contributed by atoms with E-state index in [2.05, 4.69) is 23.2 Å². The normalized spacial score (nSPS) is 27.4. The van der Waals surface area contributed by atoms with Gasteiger partial charge in [0.05, 0.1) is 12.1 Å². The van der Waals surface area contributed by atoms with E-state index in [4.69, 9.17) is 16.3 Å². The molecule has 1 aromatic carbocycles. The van der Waals surface area contributed by atoms with Crippen molar-refractivity contribution in [1.29, 1.82) is 0 Å². The Morgan fingerprint density at radius 1 is 1.42 bits per heavy atom. The van der Waals surface area contributed by atoms with Gasteiger partial charge in [0.2, 0.25) is 0 Å². The van der Waals surface area contributed by atoms with E-state index < -0.39 is 0 Å². The Labute approximate surface area is 119 Å². The van der Waals surface area contributed by atoms with Gasteiger partial charge < -0.3 is 15.0 Å². The van der Waals surface area contributed by atoms with Crippen molar-refractivity contribution < 1.29 is 4.74 Å². The summed E-state index contributed by atoms with van der Waals surface area (Å²) in [5.41, 5.74) is 1.46. The minimum Gasteiger partial charge on any atom is -0.495 e. The van der Waals surface area contributed by atoms with Gasteiger partial charge in [-0.15, -0.1) is 0 Å². The van der Waals surface area contributed by atoms with Crippen molar-refractivity contribution in [1.82, 2.24) is 5.32 Å². The van der Waals surface area contributed by atoms with E-state index in [1.807, 2.05) is 12.1 Å². The van der Waals surface area contributed by atoms with Gasteiger partial charge in [-0.3, -0.25) is 0 Å². The van der Waals surface area contributed by atoms with Crippen LogP contribution in [-0.2, 0) is 0 Å². The molecule has 0 spiro atoms. The molecule has 1 N–H and O–H groups in total. The van der Waals surface area contributed by atoms with Crippen LogP contribution in [0.4, 0.5) is 5.69 Å². The molecule has 1 aliphatic carbocycles. The Morgan fingerprint density at radius 2 is 2.21 bits per heavy atom. The molecule has 2 aliphatic rings. The van der Waals surface area contributed by atoms with Crippen LogP contribution in [0, 0.1) is 5.92 Å². The molecule has 1 atom stereocenters. The number of rotatable bonds is 3. The predicted octanol–water partition coefficient (Wildman–Crippen LogP) is 2.93. The number of methoxy groups -OCH3 is 1. The van der Waals surface area contributed by atoms with Gasteiger partial charge >= 0.3 is 0 Å². The van der Waals surface area contributed by atoms with Crippen molar-refractivity contribution in [2.75, 3.05) is 31.6 Å². The van der Waals surface area contributed by atoms with Crippen molar-refractivity contribution in [3.8, 4) is 5.75 Å². The second-order valence-electron chi connectivity index (χ2n) is 5.86. The SMILES string of the molecule is COc1cc(N2CCNC(C)(C3CC3)C2)ccc1Cl. The Hall–Kier alpha value is -0.930. The Balaban J connectivity index is 1.81. The summed E-state index contributed by atoms with van der Waals surface area (Å²) in [5.74, 6) is 1.59. The standard InChI is InChI=1S/C15H21ClN2O/c1-15(11-3-4-11)10-18(8-7-17-15)12-5-6-13(16)14(9-12)19-2/h5-6,9,11,17H,3-4,7-8,10H2,1-2H3. The highest BCUT2D eigenvalue weighted by molar-refractivity contribution is 6.32. The van der Waals surface area contributed by atoms with Crippen molar-refractivity contribution in [3.63, 3.8) is 0 Å². The molecule has 1 aliphatic heterocycles. The smallest absolute Gasteiger partial charge is 0.139 e. The van der Waals surface area contributed by atoms with E-state index in [0.29, 0.717) is 5.02 Å². The molecule has 3 rings (SSSR count). The van der Waals surface area contributed by atoms with Crippen LogP contribution in [0.15, 0.2) is 18.2 Å². The lowest BCUT2D eigenvalue weighted by Gasteiger charge is -2.43. The number of nitrogens with one attached hydrogen (secondary N) is 1. The molecule has 4 heteroatoms. The van der Waals surface area contributed by atoms with E-state index in [-0.39, 0.29) is 5.54 Å². The number of piperazine rings is 1. The fourth-order valence-corrected chi connectivity index (χ4v) is 3.26. The summed E-state index contributed by atoms with van der Waals surface area (Å²) in [6, 6.07) is 6.05. The Kier molecular flexibility index (Phi) is 3.35. The molecule has 0 aromatic heterocycles. The third-order valence-corrected chi connectivity index (χ3v) is 4.72. The van der Waals surface area contributed by atoms with Crippen molar-refractivity contribution in [2.45, 2.75) is 25.3 Å². The fraction of sp³-hybridized carbons (Fsp3) is 0.600. The van der Waals surface area contributed by atoms with Gasteiger partial charge in [-0.25, -0.2) is 0 Å². The first-order valence-electron chi connectivity index (χ1n) is 6.96. The lowest BCUT2D eigenvalue weighted by atomic mass is 9.92. The third-order valence-electron chi connectivity index (χ3n) is 4.41. The molecule has 104 valence electrons. The number of benzene rings is 1. The molecule has 0 bridgehead atoms. The van der Waals surface area contributed by atoms with Gasteiger partial charge in [0.1, 0.15) is 5.75 Å². The van der Waals surface area contributed by atoms with Crippen LogP contribution < -0.4 is 15.0 Å². The quantitative estimate of drug-likeness (QED) is 0.921. The molecule has 3 nitrogen and oxygen atoms in total. The number of ether oxygens (including phenoxy) is 1. The number of nitrogens with zero attached hydrogens (tertiary/aromatic N) is 1. The van der Waals surface area contributed by atoms with E-state index in [1.165, 1.54) is 18.5 Å². The number of hydrogen-bond acceptors (Lipinski definition) is 3. The number of halogens is 1. The molecular weight excluding hydrogens is 260 g/mol. The third kappa shape index (κ3) is 2.54. The molecule has 1 aromatic rings. The summed E-state index contributed by atoms with van der Waals surface area (Å²) in [4.78, 5) is 2.44. The van der Waals surface area contributed by atoms with E-state index in [9.17, 15) is 0 Å². The number of hydrogen-bond donors (Lipinski definition) is 1. The fourth-order valence-electron chi connectivity index (χ4n) is 3.07. The van der Waals surface area contributed by atoms with Crippen LogP contribution in [0.2, 0.25) is 5.02 Å². The highest BCUT2D eigenvalue weighted by Crippen LogP contribution is 2.41. The zero-order chi connectivity index (χ0) is 13.5. The highest BCUT2D eigenvalue weighted by atomic mass is 35.5. The van der Waals surface area contributed by atoms with Gasteiger partial charge in [0.25, 0.3) is 0 Å². The maximum absolute atomic E-state index is 6.10.